The summed E-state index contributed by atoms with van der Waals surface area (Å²) < 4.78 is 16.5. The Hall–Kier alpha value is -3.48. The van der Waals surface area contributed by atoms with Gasteiger partial charge in [0.15, 0.2) is 6.73 Å². The molecule has 0 aromatic carbocycles. The molecular formula is C29H42N8O4S. The Kier molecular flexibility index (Phi) is 9.76. The highest BCUT2D eigenvalue weighted by molar-refractivity contribution is 7.10. The molecule has 4 heterocycles. The molecular weight excluding hydrogens is 556 g/mol. The van der Waals surface area contributed by atoms with Crippen LogP contribution < -0.4 is 15.0 Å². The van der Waals surface area contributed by atoms with Crippen LogP contribution in [0.1, 0.15) is 65.2 Å². The van der Waals surface area contributed by atoms with Crippen molar-refractivity contribution in [1.82, 2.24) is 28.8 Å². The monoisotopic (exact) mass is 598 g/mol. The standard InChI is InChI=1S/C29H42N8O4S/c1-5-7-8-19(6-2)9-10-24(38)41-18-36-12-11-23-25(30-17-31-26(23)36)35(3)22-13-20-15-37(16-21(20)14-22)29(39)33-28-32-27(40-4)34-42-28/h11-12,17,19-22H,5-10,13-16,18H2,1-4H3,(H,32,33,34,39)/t19-,20-,21+,22?/m1/s1. The Labute approximate surface area is 251 Å². The lowest BCUT2D eigenvalue weighted by Crippen LogP contribution is -2.36. The molecule has 1 aliphatic carbocycles. The number of methoxy groups -OCH3 is 1. The molecule has 42 heavy (non-hydrogen) atoms. The van der Waals surface area contributed by atoms with Crippen molar-refractivity contribution in [2.45, 2.75) is 78.0 Å². The van der Waals surface area contributed by atoms with E-state index in [2.05, 4.69) is 50.4 Å². The maximum atomic E-state index is 12.8. The highest BCUT2D eigenvalue weighted by atomic mass is 32.1. The van der Waals surface area contributed by atoms with Gasteiger partial charge in [0.25, 0.3) is 0 Å². The molecule has 1 saturated carbocycles. The van der Waals surface area contributed by atoms with Gasteiger partial charge in [-0.25, -0.2) is 14.8 Å². The van der Waals surface area contributed by atoms with Crippen LogP contribution in [0.5, 0.6) is 6.01 Å². The van der Waals surface area contributed by atoms with Gasteiger partial charge in [-0.15, -0.1) is 4.37 Å². The lowest BCUT2D eigenvalue weighted by Gasteiger charge is -2.28. The molecule has 4 atom stereocenters. The van der Waals surface area contributed by atoms with Crippen LogP contribution >= 0.6 is 11.5 Å². The first-order valence-electron chi connectivity index (χ1n) is 15.0. The number of hydrogen-bond donors (Lipinski definition) is 1. The van der Waals surface area contributed by atoms with Gasteiger partial charge in [-0.05, 0) is 43.1 Å². The second-order valence-corrected chi connectivity index (χ2v) is 12.3. The number of anilines is 2. The zero-order valence-electron chi connectivity index (χ0n) is 25.0. The van der Waals surface area contributed by atoms with Crippen LogP contribution in [0.4, 0.5) is 15.7 Å². The number of nitrogens with zero attached hydrogens (tertiary/aromatic N) is 7. The number of unbranched alkanes of at least 4 members (excludes halogenated alkanes) is 1. The van der Waals surface area contributed by atoms with Crippen molar-refractivity contribution in [1.29, 1.82) is 0 Å². The van der Waals surface area contributed by atoms with Gasteiger partial charge in [0.2, 0.25) is 5.13 Å². The molecule has 13 heteroatoms. The van der Waals surface area contributed by atoms with Crippen molar-refractivity contribution in [3.8, 4) is 6.01 Å². The topological polar surface area (TPSA) is 128 Å². The fourth-order valence-electron chi connectivity index (χ4n) is 6.39. The Morgan fingerprint density at radius 1 is 1.19 bits per heavy atom. The predicted octanol–water partition coefficient (Wildman–Crippen LogP) is 5.17. The van der Waals surface area contributed by atoms with Gasteiger partial charge in [-0.2, -0.15) is 4.98 Å². The van der Waals surface area contributed by atoms with E-state index in [0.717, 1.165) is 67.2 Å². The summed E-state index contributed by atoms with van der Waals surface area (Å²) >= 11 is 1.11. The van der Waals surface area contributed by atoms with Crippen molar-refractivity contribution >= 4 is 45.5 Å². The van der Waals surface area contributed by atoms with Crippen molar-refractivity contribution in [2.75, 3.05) is 37.5 Å². The first kappa shape index (κ1) is 30.0. The number of carbonyl (C=O) groups is 2. The van der Waals surface area contributed by atoms with Gasteiger partial charge in [0.05, 0.1) is 12.5 Å². The number of urea groups is 1. The summed E-state index contributed by atoms with van der Waals surface area (Å²) in [5, 5.41) is 4.22. The van der Waals surface area contributed by atoms with Crippen LogP contribution in [0.15, 0.2) is 18.6 Å². The van der Waals surface area contributed by atoms with Crippen molar-refractivity contribution in [3.63, 3.8) is 0 Å². The second kappa shape index (κ2) is 13.7. The fraction of sp³-hybridized carbons (Fsp3) is 0.655. The summed E-state index contributed by atoms with van der Waals surface area (Å²) in [6.45, 7) is 5.97. The van der Waals surface area contributed by atoms with E-state index in [0.29, 0.717) is 35.3 Å². The van der Waals surface area contributed by atoms with Crippen LogP contribution in [-0.2, 0) is 16.3 Å². The van der Waals surface area contributed by atoms with Gasteiger partial charge in [0, 0.05) is 50.3 Å². The quantitative estimate of drug-likeness (QED) is 0.265. The van der Waals surface area contributed by atoms with E-state index in [9.17, 15) is 9.59 Å². The maximum absolute atomic E-state index is 12.8. The first-order chi connectivity index (χ1) is 20.4. The Morgan fingerprint density at radius 2 is 1.98 bits per heavy atom. The molecule has 2 aliphatic rings. The minimum atomic E-state index is -0.165. The van der Waals surface area contributed by atoms with E-state index in [1.54, 1.807) is 6.33 Å². The molecule has 0 radical (unpaired) electrons. The van der Waals surface area contributed by atoms with Gasteiger partial charge < -0.3 is 19.3 Å². The van der Waals surface area contributed by atoms with Gasteiger partial charge in [0.1, 0.15) is 17.8 Å². The molecule has 3 aromatic heterocycles. The lowest BCUT2D eigenvalue weighted by atomic mass is 9.94. The number of aromatic nitrogens is 5. The Balaban J connectivity index is 1.14. The number of likely N-dealkylation sites (tertiary alicyclic amines) is 1. The number of amides is 2. The Morgan fingerprint density at radius 3 is 2.67 bits per heavy atom. The molecule has 5 rings (SSSR count). The van der Waals surface area contributed by atoms with Crippen molar-refractivity contribution < 1.29 is 19.1 Å². The lowest BCUT2D eigenvalue weighted by molar-refractivity contribution is -0.147. The smallest absolute Gasteiger partial charge is 0.329 e. The van der Waals surface area contributed by atoms with E-state index in [1.807, 2.05) is 21.7 Å². The van der Waals surface area contributed by atoms with E-state index in [-0.39, 0.29) is 24.7 Å². The van der Waals surface area contributed by atoms with Crippen LogP contribution in [-0.4, -0.2) is 74.1 Å². The third-order valence-electron chi connectivity index (χ3n) is 8.90. The normalized spacial score (nSPS) is 20.5. The summed E-state index contributed by atoms with van der Waals surface area (Å²) in [6.07, 6.45) is 11.4. The summed E-state index contributed by atoms with van der Waals surface area (Å²) in [5.74, 6) is 2.15. The second-order valence-electron chi connectivity index (χ2n) is 11.5. The molecule has 2 fully saturated rings. The van der Waals surface area contributed by atoms with Crippen molar-refractivity contribution in [3.05, 3.63) is 18.6 Å². The third-order valence-corrected chi connectivity index (χ3v) is 9.51. The summed E-state index contributed by atoms with van der Waals surface area (Å²) in [4.78, 5) is 42.7. The zero-order chi connectivity index (χ0) is 29.6. The molecule has 228 valence electrons. The predicted molar refractivity (Wildman–Crippen MR) is 162 cm³/mol. The average Bonchev–Trinajstić information content (AvgIpc) is 3.79. The molecule has 1 aliphatic heterocycles. The number of esters is 1. The number of ether oxygens (including phenoxy) is 2. The van der Waals surface area contributed by atoms with E-state index in [1.165, 1.54) is 26.4 Å². The molecule has 1 unspecified atom stereocenters. The van der Waals surface area contributed by atoms with Gasteiger partial charge >= 0.3 is 18.0 Å². The molecule has 1 saturated heterocycles. The summed E-state index contributed by atoms with van der Waals surface area (Å²) in [5.41, 5.74) is 0.753. The number of fused-ring (bicyclic) bond motifs is 2. The van der Waals surface area contributed by atoms with Crippen LogP contribution in [0.25, 0.3) is 11.0 Å². The summed E-state index contributed by atoms with van der Waals surface area (Å²) in [7, 11) is 3.58. The minimum absolute atomic E-state index is 0.142. The summed E-state index contributed by atoms with van der Waals surface area (Å²) in [6, 6.07) is 2.43. The van der Waals surface area contributed by atoms with Gasteiger partial charge in [-0.1, -0.05) is 39.5 Å². The Bertz CT molecular complexity index is 1350. The van der Waals surface area contributed by atoms with Crippen LogP contribution in [0.3, 0.4) is 0 Å². The molecule has 12 nitrogen and oxygen atoms in total. The SMILES string of the molecule is CCCC[C@@H](CC)CCC(=O)OCn1ccc2c(N(C)C3C[C@@H]4CN(C(=O)Nc5nc(OC)ns5)C[C@@H]4C3)ncnc21. The number of hydrogen-bond acceptors (Lipinski definition) is 10. The fourth-order valence-corrected chi connectivity index (χ4v) is 6.93. The average molecular weight is 599 g/mol. The maximum Gasteiger partial charge on any atom is 0.329 e. The van der Waals surface area contributed by atoms with E-state index < -0.39 is 0 Å². The number of carbonyl (C=O) groups excluding carboxylic acids is 2. The minimum Gasteiger partial charge on any atom is -0.466 e. The largest absolute Gasteiger partial charge is 0.466 e. The highest BCUT2D eigenvalue weighted by Crippen LogP contribution is 2.41. The number of nitrogens with one attached hydrogen (secondary N) is 1. The molecule has 0 spiro atoms. The zero-order valence-corrected chi connectivity index (χ0v) is 25.8. The molecule has 0 bridgehead atoms. The molecule has 3 aromatic rings. The highest BCUT2D eigenvalue weighted by Gasteiger charge is 2.44. The van der Waals surface area contributed by atoms with Crippen molar-refractivity contribution in [2.24, 2.45) is 17.8 Å². The van der Waals surface area contributed by atoms with Crippen LogP contribution in [0, 0.1) is 17.8 Å². The first-order valence-corrected chi connectivity index (χ1v) is 15.8. The number of rotatable bonds is 13. The van der Waals surface area contributed by atoms with E-state index >= 15 is 0 Å². The molecule has 1 N–H and O–H groups in total. The van der Waals surface area contributed by atoms with Gasteiger partial charge in [-0.3, -0.25) is 14.7 Å². The third kappa shape index (κ3) is 6.77. The van der Waals surface area contributed by atoms with E-state index in [4.69, 9.17) is 9.47 Å². The molecule has 2 amide bonds. The van der Waals surface area contributed by atoms with Crippen LogP contribution in [0.2, 0.25) is 0 Å².